The van der Waals surface area contributed by atoms with Gasteiger partial charge in [-0.15, -0.1) is 0 Å². The molecule has 1 saturated heterocycles. The lowest BCUT2D eigenvalue weighted by Gasteiger charge is -2.18. The molecule has 1 atom stereocenters. The number of likely N-dealkylation sites (tertiary alicyclic amines) is 1. The van der Waals surface area contributed by atoms with Gasteiger partial charge in [-0.1, -0.05) is 6.07 Å². The summed E-state index contributed by atoms with van der Waals surface area (Å²) in [4.78, 5) is 26.5. The Balaban J connectivity index is 1.78. The molecule has 1 aliphatic heterocycles. The first kappa shape index (κ1) is 18.9. The first-order chi connectivity index (χ1) is 12.1. The van der Waals surface area contributed by atoms with Crippen molar-refractivity contribution in [1.82, 2.24) is 9.62 Å². The average Bonchev–Trinajstić information content (AvgIpc) is 3.27. The molecule has 1 aliphatic carbocycles. The van der Waals surface area contributed by atoms with Crippen LogP contribution in [0.1, 0.15) is 41.5 Å². The molecule has 6 nitrogen and oxygen atoms in total. The molecule has 1 aromatic rings. The van der Waals surface area contributed by atoms with Crippen molar-refractivity contribution in [3.63, 3.8) is 0 Å². The number of aryl methyl sites for hydroxylation is 2. The molecule has 1 N–H and O–H groups in total. The monoisotopic (exact) mass is 378 g/mol. The molecule has 1 saturated carbocycles. The highest BCUT2D eigenvalue weighted by atomic mass is 32.2. The normalized spacial score (nSPS) is 20.5. The van der Waals surface area contributed by atoms with Crippen LogP contribution in [0.25, 0.3) is 0 Å². The lowest BCUT2D eigenvalue weighted by Crippen LogP contribution is -2.38. The molecule has 0 bridgehead atoms. The van der Waals surface area contributed by atoms with E-state index >= 15 is 0 Å². The molecule has 26 heavy (non-hydrogen) atoms. The van der Waals surface area contributed by atoms with Crippen molar-refractivity contribution in [2.45, 2.75) is 51.9 Å². The number of rotatable bonds is 5. The third-order valence-corrected chi connectivity index (χ3v) is 7.18. The second-order valence-corrected chi connectivity index (χ2v) is 9.32. The third-order valence-electron chi connectivity index (χ3n) is 5.56. The Bertz CT molecular complexity index is 846. The highest BCUT2D eigenvalue weighted by Crippen LogP contribution is 2.32. The molecule has 3 rings (SSSR count). The fraction of sp³-hybridized carbons (Fsp3) is 0.579. The van der Waals surface area contributed by atoms with Crippen LogP contribution < -0.4 is 4.72 Å². The van der Waals surface area contributed by atoms with E-state index in [9.17, 15) is 18.0 Å². The number of nitrogens with zero attached hydrogens (tertiary/aromatic N) is 1. The fourth-order valence-electron chi connectivity index (χ4n) is 3.59. The Morgan fingerprint density at radius 1 is 1.15 bits per heavy atom. The molecule has 0 radical (unpaired) electrons. The third kappa shape index (κ3) is 3.63. The molecule has 1 aromatic carbocycles. The van der Waals surface area contributed by atoms with Gasteiger partial charge in [0.25, 0.3) is 10.0 Å². The molecular weight excluding hydrogens is 352 g/mol. The van der Waals surface area contributed by atoms with Crippen molar-refractivity contribution in [3.8, 4) is 0 Å². The number of carbonyl (C=O) groups excluding carboxylic acids is 2. The predicted octanol–water partition coefficient (Wildman–Crippen LogP) is 1.98. The van der Waals surface area contributed by atoms with Gasteiger partial charge in [0, 0.05) is 19.5 Å². The second-order valence-electron chi connectivity index (χ2n) is 7.70. The lowest BCUT2D eigenvalue weighted by molar-refractivity contribution is -0.128. The van der Waals surface area contributed by atoms with Gasteiger partial charge in [-0.05, 0) is 68.7 Å². The summed E-state index contributed by atoms with van der Waals surface area (Å²) < 4.78 is 27.9. The van der Waals surface area contributed by atoms with Crippen LogP contribution in [0.2, 0.25) is 0 Å². The Hall–Kier alpha value is -1.89. The summed E-state index contributed by atoms with van der Waals surface area (Å²) in [6.45, 7) is 8.20. The first-order valence-electron chi connectivity index (χ1n) is 9.02. The van der Waals surface area contributed by atoms with Crippen LogP contribution in [0.15, 0.2) is 11.0 Å². The Kier molecular flexibility index (Phi) is 4.86. The summed E-state index contributed by atoms with van der Waals surface area (Å²) in [6, 6.07) is 1.94. The van der Waals surface area contributed by atoms with Gasteiger partial charge in [0.05, 0.1) is 10.8 Å². The first-order valence-corrected chi connectivity index (χ1v) is 10.5. The number of amides is 2. The van der Waals surface area contributed by atoms with E-state index in [-0.39, 0.29) is 17.2 Å². The fourth-order valence-corrected chi connectivity index (χ4v) is 5.25. The lowest BCUT2D eigenvalue weighted by atomic mass is 10.0. The standard InChI is InChI=1S/C19H26N2O4S/c1-11-7-12(2)14(4)18(13(11)3)26(24,25)20-19(23)16-8-17(22)21(10-16)9-15-5-6-15/h7,15-16H,5-6,8-10H2,1-4H3,(H,20,23). The van der Waals surface area contributed by atoms with Crippen LogP contribution in [0, 0.1) is 39.5 Å². The smallest absolute Gasteiger partial charge is 0.264 e. The second kappa shape index (κ2) is 6.68. The highest BCUT2D eigenvalue weighted by molar-refractivity contribution is 7.90. The van der Waals surface area contributed by atoms with E-state index in [1.807, 2.05) is 19.9 Å². The van der Waals surface area contributed by atoms with E-state index in [4.69, 9.17) is 0 Å². The van der Waals surface area contributed by atoms with Crippen LogP contribution in [-0.2, 0) is 19.6 Å². The molecule has 142 valence electrons. The van der Waals surface area contributed by atoms with Crippen molar-refractivity contribution in [2.75, 3.05) is 13.1 Å². The van der Waals surface area contributed by atoms with Gasteiger partial charge in [-0.3, -0.25) is 9.59 Å². The van der Waals surface area contributed by atoms with Crippen molar-refractivity contribution in [3.05, 3.63) is 28.3 Å². The summed E-state index contributed by atoms with van der Waals surface area (Å²) >= 11 is 0. The molecule has 2 fully saturated rings. The van der Waals surface area contributed by atoms with Gasteiger partial charge in [0.2, 0.25) is 11.8 Å². The number of benzene rings is 1. The van der Waals surface area contributed by atoms with Crippen LogP contribution in [-0.4, -0.2) is 38.2 Å². The molecular formula is C19H26N2O4S. The van der Waals surface area contributed by atoms with Gasteiger partial charge in [0.15, 0.2) is 0 Å². The molecule has 0 spiro atoms. The van der Waals surface area contributed by atoms with E-state index in [0.29, 0.717) is 30.1 Å². The SMILES string of the molecule is Cc1cc(C)c(C)c(S(=O)(=O)NC(=O)C2CC(=O)N(CC3CC3)C2)c1C. The van der Waals surface area contributed by atoms with E-state index in [1.54, 1.807) is 18.7 Å². The zero-order valence-electron chi connectivity index (χ0n) is 15.8. The summed E-state index contributed by atoms with van der Waals surface area (Å²) in [5, 5.41) is 0. The van der Waals surface area contributed by atoms with Crippen LogP contribution >= 0.6 is 0 Å². The number of hydrogen-bond donors (Lipinski definition) is 1. The zero-order chi connectivity index (χ0) is 19.2. The van der Waals surface area contributed by atoms with Gasteiger partial charge in [0.1, 0.15) is 0 Å². The van der Waals surface area contributed by atoms with Crippen LogP contribution in [0.4, 0.5) is 0 Å². The van der Waals surface area contributed by atoms with Crippen molar-refractivity contribution in [1.29, 1.82) is 0 Å². The van der Waals surface area contributed by atoms with Gasteiger partial charge < -0.3 is 4.90 Å². The number of sulfonamides is 1. The van der Waals surface area contributed by atoms with Crippen molar-refractivity contribution < 1.29 is 18.0 Å². The van der Waals surface area contributed by atoms with Crippen LogP contribution in [0.3, 0.4) is 0 Å². The zero-order valence-corrected chi connectivity index (χ0v) is 16.6. The summed E-state index contributed by atoms with van der Waals surface area (Å²) in [7, 11) is -3.98. The maximum absolute atomic E-state index is 12.9. The Labute approximate surface area is 155 Å². The molecule has 2 aliphatic rings. The van der Waals surface area contributed by atoms with Crippen molar-refractivity contribution in [2.24, 2.45) is 11.8 Å². The van der Waals surface area contributed by atoms with E-state index < -0.39 is 21.8 Å². The quantitative estimate of drug-likeness (QED) is 0.849. The van der Waals surface area contributed by atoms with E-state index in [0.717, 1.165) is 24.0 Å². The summed E-state index contributed by atoms with van der Waals surface area (Å²) in [5.41, 5.74) is 3.03. The Morgan fingerprint density at radius 3 is 2.27 bits per heavy atom. The van der Waals surface area contributed by atoms with Gasteiger partial charge in [-0.25, -0.2) is 13.1 Å². The minimum atomic E-state index is -3.98. The van der Waals surface area contributed by atoms with Crippen molar-refractivity contribution >= 4 is 21.8 Å². The number of hydrogen-bond acceptors (Lipinski definition) is 4. The topological polar surface area (TPSA) is 83.5 Å². The maximum atomic E-state index is 12.9. The number of carbonyl (C=O) groups is 2. The molecule has 1 heterocycles. The molecule has 0 aromatic heterocycles. The Morgan fingerprint density at radius 2 is 1.73 bits per heavy atom. The average molecular weight is 378 g/mol. The number of nitrogens with one attached hydrogen (secondary N) is 1. The van der Waals surface area contributed by atoms with E-state index in [2.05, 4.69) is 4.72 Å². The predicted molar refractivity (Wildman–Crippen MR) is 98.1 cm³/mol. The molecule has 7 heteroatoms. The largest absolute Gasteiger partial charge is 0.342 e. The maximum Gasteiger partial charge on any atom is 0.264 e. The van der Waals surface area contributed by atoms with Crippen LogP contribution in [0.5, 0.6) is 0 Å². The van der Waals surface area contributed by atoms with Gasteiger partial charge >= 0.3 is 0 Å². The summed E-state index contributed by atoms with van der Waals surface area (Å²) in [5.74, 6) is -0.713. The summed E-state index contributed by atoms with van der Waals surface area (Å²) in [6.07, 6.45) is 2.33. The minimum Gasteiger partial charge on any atom is -0.342 e. The van der Waals surface area contributed by atoms with Gasteiger partial charge in [-0.2, -0.15) is 0 Å². The minimum absolute atomic E-state index is 0.0618. The van der Waals surface area contributed by atoms with E-state index in [1.165, 1.54) is 0 Å². The molecule has 1 unspecified atom stereocenters. The highest BCUT2D eigenvalue weighted by Gasteiger charge is 2.38. The molecule has 2 amide bonds.